The molecule has 3 heterocycles. The second kappa shape index (κ2) is 24.3. The highest BCUT2D eigenvalue weighted by Gasteiger charge is 2.57. The Hall–Kier alpha value is -4.40. The Labute approximate surface area is 415 Å². The van der Waals surface area contributed by atoms with Crippen LogP contribution in [0.25, 0.3) is 0 Å². The highest BCUT2D eigenvalue weighted by atomic mass is 32.3. The molecule has 0 unspecified atom stereocenters. The van der Waals surface area contributed by atoms with E-state index < -0.39 is 129 Å². The SMILES string of the molecule is C[C@@H]1O[C@@H](O)[C@@H](OCc2ccccc2)[C@H](O[C@@H]2O[C@@H](C)[C@@H](OS(=O)(=O)O)[C@@H](O[C@@H]3O[C@@H](C)[C@@H](OS(=O)(=O)O)[C@@H](OC(=O)c4ccccc4)[C@@H]3OCc3ccccc3)[C@@H]2OCc2ccccc2)[C@@H]1OS(=O)(=O)O. The molecule has 394 valence electrons. The fraction of sp³-hybridized carbons (Fsp3) is 0.457. The van der Waals surface area contributed by atoms with E-state index in [0.29, 0.717) is 16.7 Å². The molecule has 4 aromatic rings. The van der Waals surface area contributed by atoms with Gasteiger partial charge in [-0.2, -0.15) is 25.3 Å². The third-order valence-corrected chi connectivity index (χ3v) is 13.0. The topological polar surface area (TPSA) is 311 Å². The van der Waals surface area contributed by atoms with Gasteiger partial charge in [-0.25, -0.2) is 17.3 Å². The molecule has 0 bridgehead atoms. The second-order valence-corrected chi connectivity index (χ2v) is 20.0. The fourth-order valence-corrected chi connectivity index (χ4v) is 9.97. The van der Waals surface area contributed by atoms with Crippen LogP contribution in [0.15, 0.2) is 121 Å². The van der Waals surface area contributed by atoms with Gasteiger partial charge in [0.25, 0.3) is 0 Å². The minimum Gasteiger partial charge on any atom is -0.453 e. The number of hydrogen-bond donors (Lipinski definition) is 4. The van der Waals surface area contributed by atoms with E-state index in [1.165, 1.54) is 45.0 Å². The summed E-state index contributed by atoms with van der Waals surface area (Å²) >= 11 is 0. The highest BCUT2D eigenvalue weighted by Crippen LogP contribution is 2.39. The molecule has 0 radical (unpaired) electrons. The van der Waals surface area contributed by atoms with Gasteiger partial charge in [-0.1, -0.05) is 109 Å². The largest absolute Gasteiger partial charge is 0.453 e. The number of aliphatic hydroxyl groups is 1. The molecular weight excluding hydrogens is 1020 g/mol. The lowest BCUT2D eigenvalue weighted by atomic mass is 9.96. The lowest BCUT2D eigenvalue weighted by molar-refractivity contribution is -0.379. The van der Waals surface area contributed by atoms with Crippen LogP contribution >= 0.6 is 0 Å². The third-order valence-electron chi connectivity index (χ3n) is 11.6. The predicted molar refractivity (Wildman–Crippen MR) is 245 cm³/mol. The Kier molecular flexibility index (Phi) is 18.7. The van der Waals surface area contributed by atoms with E-state index in [1.54, 1.807) is 97.1 Å². The molecule has 0 spiro atoms. The predicted octanol–water partition coefficient (Wildman–Crippen LogP) is 3.53. The molecule has 0 saturated carbocycles. The normalized spacial score (nSPS) is 31.4. The number of hydrogen-bond acceptors (Lipinski definition) is 20. The maximum atomic E-state index is 13.8. The van der Waals surface area contributed by atoms with Crippen molar-refractivity contribution in [1.29, 1.82) is 0 Å². The van der Waals surface area contributed by atoms with Crippen LogP contribution < -0.4 is 0 Å². The summed E-state index contributed by atoms with van der Waals surface area (Å²) in [7, 11) is -16.0. The van der Waals surface area contributed by atoms with E-state index in [9.17, 15) is 48.8 Å². The molecule has 3 fully saturated rings. The van der Waals surface area contributed by atoms with Crippen molar-refractivity contribution < 1.29 is 104 Å². The first-order valence-corrected chi connectivity index (χ1v) is 26.4. The first-order valence-electron chi connectivity index (χ1n) is 22.3. The summed E-state index contributed by atoms with van der Waals surface area (Å²) < 4.78 is 177. The smallest absolute Gasteiger partial charge is 0.397 e. The number of carbonyl (C=O) groups is 1. The van der Waals surface area contributed by atoms with Crippen LogP contribution in [-0.4, -0.2) is 142 Å². The third kappa shape index (κ3) is 15.3. The molecule has 0 aliphatic carbocycles. The Bertz CT molecular complexity index is 2690. The van der Waals surface area contributed by atoms with E-state index in [-0.39, 0.29) is 25.4 Å². The average Bonchev–Trinajstić information content (AvgIpc) is 3.32. The van der Waals surface area contributed by atoms with Gasteiger partial charge < -0.3 is 47.7 Å². The molecule has 15 atom stereocenters. The van der Waals surface area contributed by atoms with Gasteiger partial charge >= 0.3 is 37.2 Å². The summed E-state index contributed by atoms with van der Waals surface area (Å²) in [6.07, 6.45) is -26.0. The van der Waals surface area contributed by atoms with Crippen LogP contribution in [0.2, 0.25) is 0 Å². The fourth-order valence-electron chi connectivity index (χ4n) is 8.32. The molecule has 3 aliphatic rings. The first-order chi connectivity index (χ1) is 34.1. The molecule has 0 aromatic heterocycles. The number of rotatable bonds is 21. The van der Waals surface area contributed by atoms with Gasteiger partial charge in [-0.15, -0.1) is 0 Å². The van der Waals surface area contributed by atoms with Gasteiger partial charge in [0.15, 0.2) is 25.0 Å². The van der Waals surface area contributed by atoms with Crippen LogP contribution in [0.5, 0.6) is 0 Å². The molecule has 23 nitrogen and oxygen atoms in total. The Morgan fingerprint density at radius 1 is 0.444 bits per heavy atom. The van der Waals surface area contributed by atoms with Crippen molar-refractivity contribution in [2.75, 3.05) is 0 Å². The molecule has 72 heavy (non-hydrogen) atoms. The van der Waals surface area contributed by atoms with Crippen LogP contribution in [0, 0.1) is 0 Å². The van der Waals surface area contributed by atoms with Crippen LogP contribution in [-0.2, 0) is 106 Å². The van der Waals surface area contributed by atoms with Gasteiger partial charge in [0, 0.05) is 0 Å². The standard InChI is InChI=1S/C46H54O23S3/c1-27-34(67-70(49,50)51)37(40(44(48)61-27)58-24-30-16-8-4-9-17-30)65-46-42(60-26-32-20-12-6-13-21-32)39(36(29(3)63-46)69-72(55,56)57)66-45-41(59-25-31-18-10-5-11-19-31)38(35(28(2)62-45)68-71(52,53)54)64-43(47)33-22-14-7-15-23-33/h4-23,27-29,34-42,44-46,48H,24-26H2,1-3H3,(H,49,50,51)(H,52,53,54)(H,55,56,57)/t27-,28-,29-,34+,35+,36+,37+,38+,39+,40-,41-,42-,44+,45-,46-/m0/s1. The maximum absolute atomic E-state index is 13.8. The zero-order chi connectivity index (χ0) is 51.8. The molecule has 4 aromatic carbocycles. The quantitative estimate of drug-likeness (QED) is 0.0685. The number of esters is 1. The van der Waals surface area contributed by atoms with Gasteiger partial charge in [-0.05, 0) is 49.6 Å². The molecule has 26 heteroatoms. The monoisotopic (exact) mass is 1070 g/mol. The van der Waals surface area contributed by atoms with E-state index in [1.807, 2.05) is 0 Å². The molecule has 4 N–H and O–H groups in total. The Morgan fingerprint density at radius 3 is 1.15 bits per heavy atom. The minimum atomic E-state index is -5.41. The van der Waals surface area contributed by atoms with E-state index >= 15 is 0 Å². The van der Waals surface area contributed by atoms with Crippen molar-refractivity contribution in [1.82, 2.24) is 0 Å². The number of carbonyl (C=O) groups excluding carboxylic acids is 1. The Morgan fingerprint density at radius 2 is 0.764 bits per heavy atom. The summed E-state index contributed by atoms with van der Waals surface area (Å²) in [6.45, 7) is 3.09. The van der Waals surface area contributed by atoms with Crippen LogP contribution in [0.1, 0.15) is 47.8 Å². The molecule has 3 saturated heterocycles. The zero-order valence-corrected chi connectivity index (χ0v) is 41.0. The van der Waals surface area contributed by atoms with Gasteiger partial charge in [0.1, 0.15) is 48.8 Å². The van der Waals surface area contributed by atoms with E-state index in [2.05, 4.69) is 0 Å². The van der Waals surface area contributed by atoms with E-state index in [0.717, 1.165) is 0 Å². The minimum absolute atomic E-state index is 0.00523. The highest BCUT2D eigenvalue weighted by molar-refractivity contribution is 7.81. The number of benzene rings is 4. The summed E-state index contributed by atoms with van der Waals surface area (Å²) in [6, 6.07) is 33.0. The summed E-state index contributed by atoms with van der Waals surface area (Å²) in [5.74, 6) is -1.01. The first kappa shape index (κ1) is 55.4. The summed E-state index contributed by atoms with van der Waals surface area (Å²) in [5.41, 5.74) is 1.67. The van der Waals surface area contributed by atoms with Gasteiger partial charge in [0.05, 0.1) is 43.7 Å². The van der Waals surface area contributed by atoms with E-state index in [4.69, 9.17) is 55.2 Å². The molecule has 0 amide bonds. The lowest BCUT2D eigenvalue weighted by Gasteiger charge is -2.50. The van der Waals surface area contributed by atoms with Crippen LogP contribution in [0.3, 0.4) is 0 Å². The van der Waals surface area contributed by atoms with Crippen molar-refractivity contribution in [3.63, 3.8) is 0 Å². The van der Waals surface area contributed by atoms with Crippen molar-refractivity contribution in [2.24, 2.45) is 0 Å². The maximum Gasteiger partial charge on any atom is 0.397 e. The average molecular weight is 1070 g/mol. The van der Waals surface area contributed by atoms with Crippen molar-refractivity contribution in [3.05, 3.63) is 144 Å². The lowest BCUT2D eigenvalue weighted by Crippen LogP contribution is -2.67. The van der Waals surface area contributed by atoms with Crippen LogP contribution in [0.4, 0.5) is 0 Å². The van der Waals surface area contributed by atoms with Crippen molar-refractivity contribution >= 4 is 37.2 Å². The van der Waals surface area contributed by atoms with Gasteiger partial charge in [0.2, 0.25) is 0 Å². The molecular formula is C46H54O23S3. The molecule has 3 aliphatic heterocycles. The summed E-state index contributed by atoms with van der Waals surface area (Å²) in [5, 5.41) is 11.3. The molecule has 7 rings (SSSR count). The summed E-state index contributed by atoms with van der Waals surface area (Å²) in [4.78, 5) is 13.8. The second-order valence-electron chi connectivity index (χ2n) is 16.8. The number of aliphatic hydroxyl groups excluding tert-OH is 1. The van der Waals surface area contributed by atoms with Crippen molar-refractivity contribution in [2.45, 2.75) is 133 Å². The van der Waals surface area contributed by atoms with Gasteiger partial charge in [-0.3, -0.25) is 13.7 Å². The Balaban J connectivity index is 1.33. The number of ether oxygens (including phenoxy) is 9. The van der Waals surface area contributed by atoms with Crippen molar-refractivity contribution in [3.8, 4) is 0 Å². The zero-order valence-electron chi connectivity index (χ0n) is 38.6.